The molecule has 0 aliphatic carbocycles. The Morgan fingerprint density at radius 2 is 2.10 bits per heavy atom. The summed E-state index contributed by atoms with van der Waals surface area (Å²) < 4.78 is 26.4. The number of nitrogens with one attached hydrogen (secondary N) is 1. The van der Waals surface area contributed by atoms with Crippen LogP contribution in [0.3, 0.4) is 0 Å². The number of urea groups is 1. The molecule has 1 aromatic rings. The van der Waals surface area contributed by atoms with Crippen molar-refractivity contribution in [3.8, 4) is 0 Å². The van der Waals surface area contributed by atoms with Gasteiger partial charge < -0.3 is 15.3 Å². The summed E-state index contributed by atoms with van der Waals surface area (Å²) in [6.45, 7) is 0.463. The zero-order valence-electron chi connectivity index (χ0n) is 10.6. The van der Waals surface area contributed by atoms with Gasteiger partial charge in [-0.3, -0.25) is 4.79 Å². The van der Waals surface area contributed by atoms with Crippen LogP contribution in [0, 0.1) is 17.6 Å². The normalized spacial score (nSPS) is 18.7. The van der Waals surface area contributed by atoms with Gasteiger partial charge >= 0.3 is 12.0 Å². The number of halogens is 2. The van der Waals surface area contributed by atoms with E-state index in [4.69, 9.17) is 5.11 Å². The van der Waals surface area contributed by atoms with E-state index in [0.29, 0.717) is 19.4 Å². The molecule has 1 aromatic carbocycles. The van der Waals surface area contributed by atoms with Gasteiger partial charge in [-0.2, -0.15) is 0 Å². The van der Waals surface area contributed by atoms with Crippen LogP contribution in [0.5, 0.6) is 0 Å². The monoisotopic (exact) mass is 284 g/mol. The van der Waals surface area contributed by atoms with Gasteiger partial charge in [0, 0.05) is 19.2 Å². The first-order valence-electron chi connectivity index (χ1n) is 6.21. The van der Waals surface area contributed by atoms with E-state index in [-0.39, 0.29) is 12.2 Å². The minimum Gasteiger partial charge on any atom is -0.481 e. The Balaban J connectivity index is 2.04. The molecule has 1 aliphatic heterocycles. The van der Waals surface area contributed by atoms with Crippen molar-refractivity contribution in [3.63, 3.8) is 0 Å². The van der Waals surface area contributed by atoms with E-state index in [9.17, 15) is 18.4 Å². The Hall–Kier alpha value is -2.18. The summed E-state index contributed by atoms with van der Waals surface area (Å²) in [5.74, 6) is -2.98. The quantitative estimate of drug-likeness (QED) is 0.875. The SMILES string of the molecule is O=C(O)[C@H]1CCCN(C(=O)Nc2cc(F)ccc2F)C1. The van der Waals surface area contributed by atoms with Gasteiger partial charge in [-0.15, -0.1) is 0 Å². The second kappa shape index (κ2) is 5.85. The summed E-state index contributed by atoms with van der Waals surface area (Å²) in [5, 5.41) is 11.2. The van der Waals surface area contributed by atoms with E-state index in [1.165, 1.54) is 4.90 Å². The molecule has 0 unspecified atom stereocenters. The number of rotatable bonds is 2. The third-order valence-electron chi connectivity index (χ3n) is 3.23. The van der Waals surface area contributed by atoms with Crippen molar-refractivity contribution in [1.82, 2.24) is 4.90 Å². The lowest BCUT2D eigenvalue weighted by molar-refractivity contribution is -0.143. The summed E-state index contributed by atoms with van der Waals surface area (Å²) in [5.41, 5.74) is -0.257. The lowest BCUT2D eigenvalue weighted by Gasteiger charge is -2.30. The van der Waals surface area contributed by atoms with Crippen LogP contribution in [0.25, 0.3) is 0 Å². The molecule has 1 atom stereocenters. The number of carboxylic acid groups (broad SMARTS) is 1. The van der Waals surface area contributed by atoms with Crippen molar-refractivity contribution < 1.29 is 23.5 Å². The predicted molar refractivity (Wildman–Crippen MR) is 67.3 cm³/mol. The topological polar surface area (TPSA) is 69.6 Å². The molecule has 2 N–H and O–H groups in total. The average Bonchev–Trinajstić information content (AvgIpc) is 2.43. The lowest BCUT2D eigenvalue weighted by atomic mass is 9.99. The van der Waals surface area contributed by atoms with Gasteiger partial charge in [0.05, 0.1) is 11.6 Å². The van der Waals surface area contributed by atoms with Crippen molar-refractivity contribution in [2.24, 2.45) is 5.92 Å². The molecule has 5 nitrogen and oxygen atoms in total. The van der Waals surface area contributed by atoms with Gasteiger partial charge in [0.2, 0.25) is 0 Å². The number of anilines is 1. The number of carbonyl (C=O) groups is 2. The summed E-state index contributed by atoms with van der Waals surface area (Å²) in [4.78, 5) is 24.1. The van der Waals surface area contributed by atoms with Crippen molar-refractivity contribution in [2.45, 2.75) is 12.8 Å². The van der Waals surface area contributed by atoms with Gasteiger partial charge in [0.1, 0.15) is 11.6 Å². The summed E-state index contributed by atoms with van der Waals surface area (Å²) in [6.07, 6.45) is 1.07. The maximum atomic E-state index is 13.4. The largest absolute Gasteiger partial charge is 0.481 e. The minimum absolute atomic E-state index is 0.0676. The van der Waals surface area contributed by atoms with Crippen molar-refractivity contribution >= 4 is 17.7 Å². The number of likely N-dealkylation sites (tertiary alicyclic amines) is 1. The van der Waals surface area contributed by atoms with Gasteiger partial charge in [0.25, 0.3) is 0 Å². The molecule has 1 heterocycles. The van der Waals surface area contributed by atoms with E-state index >= 15 is 0 Å². The highest BCUT2D eigenvalue weighted by Gasteiger charge is 2.28. The second-order valence-corrected chi connectivity index (χ2v) is 4.68. The maximum Gasteiger partial charge on any atom is 0.321 e. The number of hydrogen-bond acceptors (Lipinski definition) is 2. The van der Waals surface area contributed by atoms with Crippen LogP contribution in [-0.2, 0) is 4.79 Å². The molecule has 1 aliphatic rings. The number of aliphatic carboxylic acids is 1. The van der Waals surface area contributed by atoms with Crippen LogP contribution >= 0.6 is 0 Å². The van der Waals surface area contributed by atoms with E-state index in [1.54, 1.807) is 0 Å². The Morgan fingerprint density at radius 3 is 2.80 bits per heavy atom. The first kappa shape index (κ1) is 14.2. The number of nitrogens with zero attached hydrogens (tertiary/aromatic N) is 1. The molecule has 0 radical (unpaired) electrons. The third kappa shape index (κ3) is 3.23. The molecule has 7 heteroatoms. The standard InChI is InChI=1S/C13H14F2N2O3/c14-9-3-4-10(15)11(6-9)16-13(20)17-5-1-2-8(7-17)12(18)19/h3-4,6,8H,1-2,5,7H2,(H,16,20)(H,18,19)/t8-/m0/s1. The Kier molecular flexibility index (Phi) is 4.16. The highest BCUT2D eigenvalue weighted by atomic mass is 19.1. The van der Waals surface area contributed by atoms with Gasteiger partial charge in [-0.05, 0) is 25.0 Å². The van der Waals surface area contributed by atoms with Crippen LogP contribution in [0.15, 0.2) is 18.2 Å². The van der Waals surface area contributed by atoms with Crippen molar-refractivity contribution in [2.75, 3.05) is 18.4 Å². The first-order chi connectivity index (χ1) is 9.47. The zero-order valence-corrected chi connectivity index (χ0v) is 10.6. The molecule has 2 amide bonds. The van der Waals surface area contributed by atoms with Crippen molar-refractivity contribution in [1.29, 1.82) is 0 Å². The summed E-state index contributed by atoms with van der Waals surface area (Å²) in [7, 11) is 0. The Morgan fingerprint density at radius 1 is 1.35 bits per heavy atom. The molecule has 108 valence electrons. The lowest BCUT2D eigenvalue weighted by Crippen LogP contribution is -2.44. The van der Waals surface area contributed by atoms with E-state index < -0.39 is 29.6 Å². The van der Waals surface area contributed by atoms with Crippen LogP contribution in [-0.4, -0.2) is 35.1 Å². The molecular formula is C13H14F2N2O3. The van der Waals surface area contributed by atoms with Crippen LogP contribution in [0.2, 0.25) is 0 Å². The number of amides is 2. The molecule has 20 heavy (non-hydrogen) atoms. The number of carboxylic acids is 1. The average molecular weight is 284 g/mol. The fourth-order valence-corrected chi connectivity index (χ4v) is 2.15. The minimum atomic E-state index is -0.959. The van der Waals surface area contributed by atoms with Gasteiger partial charge in [0.15, 0.2) is 0 Å². The number of piperidine rings is 1. The third-order valence-corrected chi connectivity index (χ3v) is 3.23. The summed E-state index contributed by atoms with van der Waals surface area (Å²) >= 11 is 0. The molecule has 2 rings (SSSR count). The fourth-order valence-electron chi connectivity index (χ4n) is 2.15. The van der Waals surface area contributed by atoms with Gasteiger partial charge in [-0.25, -0.2) is 13.6 Å². The van der Waals surface area contributed by atoms with E-state index in [2.05, 4.69) is 5.32 Å². The van der Waals surface area contributed by atoms with E-state index in [0.717, 1.165) is 18.2 Å². The molecule has 1 fully saturated rings. The second-order valence-electron chi connectivity index (χ2n) is 4.68. The molecular weight excluding hydrogens is 270 g/mol. The molecule has 0 spiro atoms. The van der Waals surface area contributed by atoms with Gasteiger partial charge in [-0.1, -0.05) is 0 Å². The number of benzene rings is 1. The van der Waals surface area contributed by atoms with Crippen molar-refractivity contribution in [3.05, 3.63) is 29.8 Å². The zero-order chi connectivity index (χ0) is 14.7. The smallest absolute Gasteiger partial charge is 0.321 e. The van der Waals surface area contributed by atoms with E-state index in [1.807, 2.05) is 0 Å². The fraction of sp³-hybridized carbons (Fsp3) is 0.385. The molecule has 0 bridgehead atoms. The number of carbonyl (C=O) groups excluding carboxylic acids is 1. The van der Waals surface area contributed by atoms with Crippen LogP contribution in [0.4, 0.5) is 19.3 Å². The molecule has 1 saturated heterocycles. The number of hydrogen-bond donors (Lipinski definition) is 2. The highest BCUT2D eigenvalue weighted by Crippen LogP contribution is 2.19. The molecule has 0 saturated carbocycles. The van der Waals surface area contributed by atoms with Crippen LogP contribution in [0.1, 0.15) is 12.8 Å². The maximum absolute atomic E-state index is 13.4. The Labute approximate surface area is 114 Å². The molecule has 0 aromatic heterocycles. The van der Waals surface area contributed by atoms with Crippen LogP contribution < -0.4 is 5.32 Å². The predicted octanol–water partition coefficient (Wildman–Crippen LogP) is 2.29. The summed E-state index contributed by atoms with van der Waals surface area (Å²) in [6, 6.07) is 2.12. The first-order valence-corrected chi connectivity index (χ1v) is 6.21. The Bertz CT molecular complexity index is 536. The highest BCUT2D eigenvalue weighted by molar-refractivity contribution is 5.89.